The van der Waals surface area contributed by atoms with Gasteiger partial charge in [-0.15, -0.1) is 6.42 Å². The predicted octanol–water partition coefficient (Wildman–Crippen LogP) is 4.57. The summed E-state index contributed by atoms with van der Waals surface area (Å²) < 4.78 is 0. The van der Waals surface area contributed by atoms with Gasteiger partial charge in [-0.25, -0.2) is 0 Å². The summed E-state index contributed by atoms with van der Waals surface area (Å²) in [5, 5.41) is 2.72. The quantitative estimate of drug-likeness (QED) is 0.760. The first-order valence-electron chi connectivity index (χ1n) is 9.86. The monoisotopic (exact) mass is 395 g/mol. The second kappa shape index (κ2) is 8.98. The molecule has 0 aliphatic carbocycles. The predicted molar refractivity (Wildman–Crippen MR) is 118 cm³/mol. The number of allylic oxidation sites excluding steroid dienone is 1. The molecule has 28 heavy (non-hydrogen) atoms. The fourth-order valence-electron chi connectivity index (χ4n) is 3.81. The maximum absolute atomic E-state index is 11.7. The molecule has 5 heteroatoms. The number of likely N-dealkylation sites (tertiary alicyclic amines) is 1. The minimum absolute atomic E-state index is 0.0711. The molecule has 2 heterocycles. The number of amides is 1. The first-order chi connectivity index (χ1) is 13.4. The van der Waals surface area contributed by atoms with E-state index in [0.29, 0.717) is 18.3 Å². The molecule has 0 atom stereocenters. The molecule has 1 aromatic carbocycles. The number of amidine groups is 1. The van der Waals surface area contributed by atoms with Crippen molar-refractivity contribution >= 4 is 22.8 Å². The van der Waals surface area contributed by atoms with Crippen LogP contribution in [-0.4, -0.2) is 35.6 Å². The average Bonchev–Trinajstić information content (AvgIpc) is 3.00. The van der Waals surface area contributed by atoms with E-state index in [1.165, 1.54) is 22.9 Å². The molecule has 2 aliphatic heterocycles. The number of nitrogens with zero attached hydrogens (tertiary/aromatic N) is 2. The number of thioether (sulfide) groups is 1. The van der Waals surface area contributed by atoms with E-state index in [1.54, 1.807) is 0 Å². The van der Waals surface area contributed by atoms with Crippen LogP contribution in [-0.2, 0) is 12.0 Å². The van der Waals surface area contributed by atoms with Crippen molar-refractivity contribution in [1.29, 1.82) is 0 Å². The van der Waals surface area contributed by atoms with Crippen LogP contribution in [0.4, 0.5) is 4.79 Å². The number of terminal acetylenes is 1. The van der Waals surface area contributed by atoms with Gasteiger partial charge in [-0.3, -0.25) is 14.7 Å². The highest BCUT2D eigenvalue weighted by atomic mass is 32.2. The molecule has 1 amide bonds. The van der Waals surface area contributed by atoms with Crippen molar-refractivity contribution in [3.63, 3.8) is 0 Å². The van der Waals surface area contributed by atoms with E-state index >= 15 is 0 Å². The Labute approximate surface area is 172 Å². The third kappa shape index (κ3) is 5.27. The molecular formula is C23H29N3OS. The van der Waals surface area contributed by atoms with E-state index < -0.39 is 0 Å². The van der Waals surface area contributed by atoms with Gasteiger partial charge in [-0.05, 0) is 60.2 Å². The van der Waals surface area contributed by atoms with E-state index in [2.05, 4.69) is 72.2 Å². The summed E-state index contributed by atoms with van der Waals surface area (Å²) in [7, 11) is 0. The number of benzene rings is 1. The van der Waals surface area contributed by atoms with E-state index in [0.717, 1.165) is 37.4 Å². The number of piperidine rings is 1. The van der Waals surface area contributed by atoms with Crippen molar-refractivity contribution in [2.75, 3.05) is 19.6 Å². The number of nitrogens with one attached hydrogen (secondary N) is 1. The van der Waals surface area contributed by atoms with E-state index in [1.807, 2.05) is 0 Å². The molecule has 2 saturated heterocycles. The van der Waals surface area contributed by atoms with E-state index in [9.17, 15) is 4.79 Å². The van der Waals surface area contributed by atoms with Crippen molar-refractivity contribution in [2.45, 2.75) is 45.6 Å². The SMILES string of the molecule is C#CCN=C1NC(=O)S/C1=C\C1CCN(Cc2ccccc2C(C)(C)C)CC1. The molecular weight excluding hydrogens is 366 g/mol. The third-order valence-corrected chi connectivity index (χ3v) is 6.06. The molecule has 0 unspecified atom stereocenters. The van der Waals surface area contributed by atoms with Gasteiger partial charge in [0.05, 0.1) is 4.91 Å². The highest BCUT2D eigenvalue weighted by Crippen LogP contribution is 2.31. The maximum atomic E-state index is 11.7. The van der Waals surface area contributed by atoms with Gasteiger partial charge in [0.1, 0.15) is 12.4 Å². The van der Waals surface area contributed by atoms with Crippen LogP contribution in [0, 0.1) is 18.3 Å². The normalized spacial score (nSPS) is 21.9. The standard InChI is InChI=1S/C23H29N3OS/c1-5-12-24-21-20(28-22(27)25-21)15-17-10-13-26(14-11-17)16-18-8-6-7-9-19(18)23(2,3)4/h1,6-9,15,17H,10-14,16H2,2-4H3,(H,24,25,27)/b20-15-. The van der Waals surface area contributed by atoms with Gasteiger partial charge in [-0.1, -0.05) is 57.0 Å². The summed E-state index contributed by atoms with van der Waals surface area (Å²) >= 11 is 1.22. The molecule has 0 radical (unpaired) electrons. The molecule has 0 bridgehead atoms. The lowest BCUT2D eigenvalue weighted by Crippen LogP contribution is -2.33. The lowest BCUT2D eigenvalue weighted by atomic mass is 9.83. The number of carbonyl (C=O) groups excluding carboxylic acids is 1. The lowest BCUT2D eigenvalue weighted by molar-refractivity contribution is 0.194. The molecule has 0 saturated carbocycles. The van der Waals surface area contributed by atoms with Gasteiger partial charge in [0.15, 0.2) is 0 Å². The zero-order valence-corrected chi connectivity index (χ0v) is 17.8. The van der Waals surface area contributed by atoms with Crippen molar-refractivity contribution in [1.82, 2.24) is 10.2 Å². The van der Waals surface area contributed by atoms with Gasteiger partial charge in [0.2, 0.25) is 0 Å². The van der Waals surface area contributed by atoms with Crippen LogP contribution in [0.25, 0.3) is 0 Å². The summed E-state index contributed by atoms with van der Waals surface area (Å²) in [6, 6.07) is 8.79. The Morgan fingerprint density at radius 1 is 1.32 bits per heavy atom. The Hall–Kier alpha value is -2.03. The minimum Gasteiger partial charge on any atom is -0.300 e. The molecule has 148 valence electrons. The van der Waals surface area contributed by atoms with Crippen molar-refractivity contribution in [3.05, 3.63) is 46.4 Å². The van der Waals surface area contributed by atoms with Crippen molar-refractivity contribution < 1.29 is 4.79 Å². The number of carbonyl (C=O) groups is 1. The van der Waals surface area contributed by atoms with Crippen LogP contribution in [0.1, 0.15) is 44.7 Å². The highest BCUT2D eigenvalue weighted by molar-refractivity contribution is 8.18. The Morgan fingerprint density at radius 2 is 2.04 bits per heavy atom. The van der Waals surface area contributed by atoms with Gasteiger partial charge in [0.25, 0.3) is 5.24 Å². The summed E-state index contributed by atoms with van der Waals surface area (Å²) in [6.45, 7) is 10.2. The van der Waals surface area contributed by atoms with Gasteiger partial charge in [0, 0.05) is 6.54 Å². The second-order valence-corrected chi connectivity index (χ2v) is 9.45. The molecule has 2 fully saturated rings. The van der Waals surface area contributed by atoms with Crippen molar-refractivity contribution in [2.24, 2.45) is 10.9 Å². The van der Waals surface area contributed by atoms with Crippen LogP contribution in [0.15, 0.2) is 40.2 Å². The molecule has 1 N–H and O–H groups in total. The number of rotatable bonds is 4. The number of hydrogen-bond acceptors (Lipinski definition) is 4. The first-order valence-corrected chi connectivity index (χ1v) is 10.7. The topological polar surface area (TPSA) is 44.7 Å². The van der Waals surface area contributed by atoms with Gasteiger partial charge < -0.3 is 5.32 Å². The summed E-state index contributed by atoms with van der Waals surface area (Å²) in [6.07, 6.45) is 9.68. The molecule has 3 rings (SSSR count). The van der Waals surface area contributed by atoms with Gasteiger partial charge >= 0.3 is 0 Å². The summed E-state index contributed by atoms with van der Waals surface area (Å²) in [5.41, 5.74) is 3.02. The van der Waals surface area contributed by atoms with Crippen LogP contribution in [0.5, 0.6) is 0 Å². The molecule has 4 nitrogen and oxygen atoms in total. The van der Waals surface area contributed by atoms with Crippen LogP contribution in [0.3, 0.4) is 0 Å². The Bertz CT molecular complexity index is 821. The maximum Gasteiger partial charge on any atom is 0.289 e. The summed E-state index contributed by atoms with van der Waals surface area (Å²) in [4.78, 5) is 19.5. The Kier molecular flexibility index (Phi) is 6.64. The Balaban J connectivity index is 1.61. The number of aliphatic imine (C=N–C) groups is 1. The average molecular weight is 396 g/mol. The second-order valence-electron chi connectivity index (χ2n) is 8.44. The van der Waals surface area contributed by atoms with Crippen molar-refractivity contribution in [3.8, 4) is 12.3 Å². The van der Waals surface area contributed by atoms with Crippen LogP contribution < -0.4 is 5.32 Å². The third-order valence-electron chi connectivity index (χ3n) is 5.22. The highest BCUT2D eigenvalue weighted by Gasteiger charge is 2.26. The molecule has 1 aromatic rings. The summed E-state index contributed by atoms with van der Waals surface area (Å²) in [5.74, 6) is 3.60. The first kappa shape index (κ1) is 20.7. The minimum atomic E-state index is -0.0711. The Morgan fingerprint density at radius 3 is 2.71 bits per heavy atom. The van der Waals surface area contributed by atoms with E-state index in [4.69, 9.17) is 6.42 Å². The fourth-order valence-corrected chi connectivity index (χ4v) is 4.63. The molecule has 0 aromatic heterocycles. The fraction of sp³-hybridized carbons (Fsp3) is 0.478. The zero-order valence-electron chi connectivity index (χ0n) is 17.0. The lowest BCUT2D eigenvalue weighted by Gasteiger charge is -2.32. The zero-order chi connectivity index (χ0) is 20.1. The number of hydrogen-bond donors (Lipinski definition) is 1. The van der Waals surface area contributed by atoms with E-state index in [-0.39, 0.29) is 10.7 Å². The van der Waals surface area contributed by atoms with Crippen LogP contribution in [0.2, 0.25) is 0 Å². The largest absolute Gasteiger partial charge is 0.300 e. The van der Waals surface area contributed by atoms with Crippen LogP contribution >= 0.6 is 11.8 Å². The molecule has 0 spiro atoms. The smallest absolute Gasteiger partial charge is 0.289 e. The molecule has 2 aliphatic rings. The van der Waals surface area contributed by atoms with Gasteiger partial charge in [-0.2, -0.15) is 0 Å².